The van der Waals surface area contributed by atoms with Crippen molar-refractivity contribution in [2.75, 3.05) is 32.3 Å². The van der Waals surface area contributed by atoms with E-state index < -0.39 is 17.5 Å². The molecule has 0 aliphatic carbocycles. The van der Waals surface area contributed by atoms with Crippen molar-refractivity contribution in [3.05, 3.63) is 395 Å². The summed E-state index contributed by atoms with van der Waals surface area (Å²) < 4.78 is 102. The van der Waals surface area contributed by atoms with Gasteiger partial charge in [-0.2, -0.15) is 0 Å². The van der Waals surface area contributed by atoms with Gasteiger partial charge in [-0.15, -0.1) is 11.6 Å². The monoisotopic (exact) mass is 2050 g/mol. The van der Waals surface area contributed by atoms with Crippen LogP contribution < -0.4 is 136 Å². The molecule has 0 saturated carbocycles. The Morgan fingerprint density at radius 3 is 1.21 bits per heavy atom. The van der Waals surface area contributed by atoms with Crippen LogP contribution in [0.25, 0.3) is 39.0 Å². The van der Waals surface area contributed by atoms with Gasteiger partial charge in [-0.25, -0.2) is 22.8 Å². The third kappa shape index (κ3) is 47.0. The number of halogens is 4. The number of fused-ring (bicyclic) bond motifs is 3. The molecule has 4 N–H and O–H groups in total. The molecule has 0 amide bonds. The number of aryl methyl sites for hydroxylation is 4. The first-order valence-electron chi connectivity index (χ1n) is 43.1. The summed E-state index contributed by atoms with van der Waals surface area (Å²) in [5, 5.41) is 46.9. The van der Waals surface area contributed by atoms with E-state index in [1.54, 1.807) is 81.4 Å². The van der Waals surface area contributed by atoms with Crippen LogP contribution in [0.15, 0.2) is 324 Å². The van der Waals surface area contributed by atoms with Crippen LogP contribution in [0.5, 0.6) is 51.7 Å². The second-order valence-corrected chi connectivity index (χ2v) is 29.2. The average Bonchev–Trinajstić information content (AvgIpc) is 1.65. The Morgan fingerprint density at radius 1 is 0.438 bits per heavy atom. The predicted molar refractivity (Wildman–Crippen MR) is 537 cm³/mol. The number of phenolic OH excluding ortho intramolecular Hbond substituents is 3. The molecule has 33 heteroatoms. The van der Waals surface area contributed by atoms with Crippen LogP contribution in [-0.4, -0.2) is 109 Å². The van der Waals surface area contributed by atoms with E-state index in [0.717, 1.165) is 90.9 Å². The Morgan fingerprint density at radius 2 is 0.812 bits per heavy atom. The average molecular weight is 2050 g/mol. The van der Waals surface area contributed by atoms with Gasteiger partial charge in [0, 0.05) is 49.7 Å². The minimum atomic E-state index is -0.613. The van der Waals surface area contributed by atoms with E-state index in [2.05, 4.69) is 35.9 Å². The van der Waals surface area contributed by atoms with Crippen LogP contribution in [-0.2, 0) is 88.9 Å². The number of benzene rings is 11. The molecule has 0 aliphatic heterocycles. The number of alkyl halides is 1. The first-order valence-corrected chi connectivity index (χ1v) is 43.6. The molecule has 0 bridgehead atoms. The standard InChI is InChI=1S/C21H20O4.2C17H15FO3.C17H14O3.C14H16O4.C14H12O3.C5H8O2.C3H4ClF.CH2O3.CH2O2.CH4.2K.H2.H/c1-3-23-20(22)12-10-17-9-11-19(18-13-15(2)25-21(17)18)24-14-16-7-5-4-6-8-16;1-13(18)11-21-17-9-16(8-7-15(17)10-19)20-12-14-5-3-2-4-6-14;1-12(18)9-15-16(8-7-14(10-19)17(15)20)21-11-13-5-3-2-4-6-13;1-12-9-15-16(8-7-14(10-18)17(15)20-12)19-11-13-5-3-2-4-6-13;1-3-17-13(16)7-5-10-4-6-12(15)11-8-9(2)18-14(10)11;15-9-12-6-7-13(8-14(12)16)17-10-11-4-2-1-3-5-11;1-3-5(6)7-4-2;1-3(5)2-4;2-1-4-3;2-1-3;;;;;/h4-13H,3,14H2,1-2H3;2-10H,1,11-12H2;2-8,10,20H,1,9,11H2;2-10H,11H2,1H3;4,6,8,15H,3,5,7H2,1-2H3;1-9,16H,10H2;3H,1,4H2,2H3;1-2H2;1,3H;1H,(H,2,3);1H4;;;1H;/q;;;;;;;;;;;2*+1;;-1/p-1/b12-10+;;;;;;;;;;;;;;. The van der Waals surface area contributed by atoms with Gasteiger partial charge in [-0.3, -0.25) is 33.6 Å². The van der Waals surface area contributed by atoms with E-state index >= 15 is 0 Å². The number of ether oxygens (including phenoxy) is 9. The Hall–Kier alpha value is -13.7. The third-order valence-corrected chi connectivity index (χ3v) is 18.7. The van der Waals surface area contributed by atoms with Gasteiger partial charge in [-0.1, -0.05) is 191 Å². The van der Waals surface area contributed by atoms with E-state index in [0.29, 0.717) is 128 Å². The van der Waals surface area contributed by atoms with Crippen molar-refractivity contribution in [2.45, 2.75) is 101 Å². The molecule has 3 aromatic heterocycles. The van der Waals surface area contributed by atoms with Crippen LogP contribution in [0.4, 0.5) is 13.2 Å². The molecule has 0 atom stereocenters. The summed E-state index contributed by atoms with van der Waals surface area (Å²) in [4.78, 5) is 95.8. The molecular formula is C111H114ClF3K2O27. The quantitative estimate of drug-likeness (QED) is 0.00419. The van der Waals surface area contributed by atoms with E-state index in [1.807, 2.05) is 203 Å². The number of carboxylic acid groups (broad SMARTS) is 1. The molecule has 750 valence electrons. The maximum absolute atomic E-state index is 13.1. The zero-order valence-corrected chi connectivity index (χ0v) is 87.2. The summed E-state index contributed by atoms with van der Waals surface area (Å²) >= 11 is 4.86. The summed E-state index contributed by atoms with van der Waals surface area (Å²) in [7, 11) is 0. The van der Waals surface area contributed by atoms with Gasteiger partial charge in [0.2, 0.25) is 0 Å². The van der Waals surface area contributed by atoms with Gasteiger partial charge < -0.3 is 87.9 Å². The van der Waals surface area contributed by atoms with Crippen LogP contribution in [0.3, 0.4) is 0 Å². The molecule has 14 aromatic rings. The second-order valence-electron chi connectivity index (χ2n) is 28.9. The molecule has 14 rings (SSSR count). The van der Waals surface area contributed by atoms with Gasteiger partial charge in [-0.05, 0) is 172 Å². The Labute approximate surface area is 925 Å². The zero-order valence-electron chi connectivity index (χ0n) is 81.2. The van der Waals surface area contributed by atoms with E-state index in [9.17, 15) is 62.1 Å². The van der Waals surface area contributed by atoms with Crippen molar-refractivity contribution in [2.24, 2.45) is 0 Å². The predicted octanol–water partition coefficient (Wildman–Crippen LogP) is 18.1. The normalized spacial score (nSPS) is 9.72. The Bertz CT molecular complexity index is 6370. The molecule has 0 aliphatic rings. The number of furan rings is 3. The van der Waals surface area contributed by atoms with Crippen molar-refractivity contribution in [1.29, 1.82) is 0 Å². The van der Waals surface area contributed by atoms with E-state index in [1.165, 1.54) is 24.3 Å². The van der Waals surface area contributed by atoms with Gasteiger partial charge in [0.1, 0.15) is 137 Å². The maximum Gasteiger partial charge on any atom is 1.00 e. The molecule has 0 radical (unpaired) electrons. The molecule has 0 spiro atoms. The topological polar surface area (TPSA) is 389 Å². The molecule has 0 fully saturated rings. The summed E-state index contributed by atoms with van der Waals surface area (Å²) in [6.45, 7) is 25.8. The number of rotatable bonds is 35. The number of aldehydes is 4. The molecule has 0 unspecified atom stereocenters. The smallest absolute Gasteiger partial charge is 1.00 e. The summed E-state index contributed by atoms with van der Waals surface area (Å²) in [5.41, 5.74) is 10.3. The minimum absolute atomic E-state index is 0. The summed E-state index contributed by atoms with van der Waals surface area (Å²) in [6, 6.07) is 77.6. The second kappa shape index (κ2) is 72.5. The van der Waals surface area contributed by atoms with Crippen LogP contribution in [0.1, 0.15) is 141 Å². The van der Waals surface area contributed by atoms with Crippen molar-refractivity contribution in [3.8, 4) is 51.7 Å². The molecule has 0 saturated heterocycles. The number of allylic oxidation sites excluding steroid dienone is 2. The molecule has 27 nitrogen and oxygen atoms in total. The molecule has 3 heterocycles. The molecule has 144 heavy (non-hydrogen) atoms. The number of carbonyl (C=O) groups excluding carboxylic acids is 8. The SMILES string of the molecule is C.C=C(F)CCl.C=C(F)COc1cc(OCc2ccccc2)ccc1C=O.C=C(F)Cc1c(OCc2ccccc2)ccc(C=O)c1O.C=CC(=O)OCC.CCOC(=O)/C=C/c1ccc(OCc2ccccc2)c2cc(C)oc12.CCOC(=O)CCc1ccc(O)c2cc(C)oc12.Cc1cc2c(OCc3ccccc3)ccc(C=O)c2o1.O=CO.O=CO[O-].O=Cc1ccc(OCc2ccccc2)cc1O.[H-].[HH].[K+].[K+]. The van der Waals surface area contributed by atoms with Gasteiger partial charge in [0.05, 0.1) is 69.9 Å². The fraction of sp³-hybridized carbons (Fsp3) is 0.180. The number of carbonyl (C=O) groups is 9. The largest absolute Gasteiger partial charge is 1.00 e. The summed E-state index contributed by atoms with van der Waals surface area (Å²) in [5.74, 6) is 2.59. The van der Waals surface area contributed by atoms with Crippen LogP contribution in [0, 0.1) is 20.8 Å². The maximum atomic E-state index is 13.1. The van der Waals surface area contributed by atoms with E-state index in [-0.39, 0.29) is 209 Å². The fourth-order valence-electron chi connectivity index (χ4n) is 12.1. The van der Waals surface area contributed by atoms with Gasteiger partial charge in [0.15, 0.2) is 25.1 Å². The van der Waals surface area contributed by atoms with Crippen molar-refractivity contribution >= 4 is 107 Å². The fourth-order valence-corrected chi connectivity index (χ4v) is 12.1. The Balaban J connectivity index is 0.00000166. The zero-order chi connectivity index (χ0) is 103. The number of hydrogen-bond donors (Lipinski definition) is 4. The first-order chi connectivity index (χ1) is 68.1. The van der Waals surface area contributed by atoms with Crippen molar-refractivity contribution in [3.63, 3.8) is 0 Å². The molecule has 11 aromatic carbocycles. The number of aromatic hydroxyl groups is 3. The van der Waals surface area contributed by atoms with E-state index in [4.69, 9.17) is 82.7 Å². The number of esters is 3. The van der Waals surface area contributed by atoms with Gasteiger partial charge in [0.25, 0.3) is 12.9 Å². The third-order valence-electron chi connectivity index (χ3n) is 18.4. The Kier molecular flexibility index (Phi) is 63.6. The first kappa shape index (κ1) is 126. The minimum Gasteiger partial charge on any atom is -1.00 e. The van der Waals surface area contributed by atoms with Crippen LogP contribution >= 0.6 is 11.6 Å². The van der Waals surface area contributed by atoms with Crippen LogP contribution in [0.2, 0.25) is 0 Å². The number of hydrogen-bond acceptors (Lipinski definition) is 26. The molecular weight excluding hydrogens is 1940 g/mol. The van der Waals surface area contributed by atoms with Gasteiger partial charge >= 0.3 is 121 Å². The van der Waals surface area contributed by atoms with Crippen molar-refractivity contribution in [1.82, 2.24) is 0 Å². The van der Waals surface area contributed by atoms with Crippen molar-refractivity contribution < 1.29 is 248 Å². The number of phenols is 3. The summed E-state index contributed by atoms with van der Waals surface area (Å²) in [6.07, 6.45) is 7.47.